The average Bonchev–Trinajstić information content (AvgIpc) is 3.17. The number of carbonyl (C=O) groups is 1. The molecule has 0 N–H and O–H groups in total. The Labute approximate surface area is 156 Å². The van der Waals surface area contributed by atoms with Crippen molar-refractivity contribution in [3.8, 4) is 0 Å². The number of hydrogen-bond donors (Lipinski definition) is 0. The number of hydrogen-bond acceptors (Lipinski definition) is 6. The van der Waals surface area contributed by atoms with Gasteiger partial charge in [0.25, 0.3) is 5.91 Å². The minimum absolute atomic E-state index is 0.0760. The largest absolute Gasteiger partial charge is 0.425 e. The zero-order valence-electron chi connectivity index (χ0n) is 15.3. The normalized spacial score (nSPS) is 15.6. The van der Waals surface area contributed by atoms with E-state index in [2.05, 4.69) is 10.2 Å². The molecule has 1 fully saturated rings. The minimum Gasteiger partial charge on any atom is -0.425 e. The number of carbonyl (C=O) groups excluding carboxylic acids is 1. The van der Waals surface area contributed by atoms with E-state index in [1.807, 2.05) is 26.0 Å². The van der Waals surface area contributed by atoms with E-state index in [1.165, 1.54) is 0 Å². The molecular weight excluding hydrogens is 346 g/mol. The Hall–Kier alpha value is -2.96. The Balaban J connectivity index is 1.48. The van der Waals surface area contributed by atoms with Crippen molar-refractivity contribution in [3.63, 3.8) is 0 Å². The molecule has 0 aliphatic carbocycles. The molecule has 0 spiro atoms. The number of para-hydroxylation sites is 1. The molecule has 2 aromatic heterocycles. The van der Waals surface area contributed by atoms with E-state index >= 15 is 0 Å². The van der Waals surface area contributed by atoms with E-state index in [9.17, 15) is 9.59 Å². The van der Waals surface area contributed by atoms with Crippen LogP contribution < -0.4 is 5.63 Å². The lowest BCUT2D eigenvalue weighted by Crippen LogP contribution is -2.39. The van der Waals surface area contributed by atoms with E-state index in [1.54, 1.807) is 23.1 Å². The predicted octanol–water partition coefficient (Wildman–Crippen LogP) is 3.32. The number of benzene rings is 1. The smallest absolute Gasteiger partial charge is 0.349 e. The summed E-state index contributed by atoms with van der Waals surface area (Å²) in [5.74, 6) is 1.32. The molecule has 1 aromatic carbocycles. The molecule has 1 saturated heterocycles. The van der Waals surface area contributed by atoms with Crippen molar-refractivity contribution in [2.45, 2.75) is 38.5 Å². The molecule has 140 valence electrons. The number of nitrogens with zero attached hydrogens (tertiary/aromatic N) is 3. The molecule has 0 radical (unpaired) electrons. The van der Waals surface area contributed by atoms with E-state index in [-0.39, 0.29) is 23.3 Å². The maximum absolute atomic E-state index is 12.8. The van der Waals surface area contributed by atoms with Gasteiger partial charge >= 0.3 is 5.63 Å². The standard InChI is InChI=1S/C20H21N3O4/c1-12(2)17-21-22-18(27-17)13-7-9-23(10-8-13)19(24)15-11-14-5-3-4-6-16(14)26-20(15)25/h3-6,11-13H,7-10H2,1-2H3. The maximum Gasteiger partial charge on any atom is 0.349 e. The van der Waals surface area contributed by atoms with Gasteiger partial charge in [-0.25, -0.2) is 4.79 Å². The van der Waals surface area contributed by atoms with Gasteiger partial charge in [-0.2, -0.15) is 0 Å². The van der Waals surface area contributed by atoms with Gasteiger partial charge in [-0.15, -0.1) is 10.2 Å². The SMILES string of the molecule is CC(C)c1nnc(C2CCN(C(=O)c3cc4ccccc4oc3=O)CC2)o1. The first-order valence-corrected chi connectivity index (χ1v) is 9.18. The molecule has 7 nitrogen and oxygen atoms in total. The number of rotatable bonds is 3. The third-order valence-corrected chi connectivity index (χ3v) is 4.95. The summed E-state index contributed by atoms with van der Waals surface area (Å²) >= 11 is 0. The van der Waals surface area contributed by atoms with E-state index in [0.29, 0.717) is 30.5 Å². The first-order valence-electron chi connectivity index (χ1n) is 9.18. The second-order valence-electron chi connectivity index (χ2n) is 7.19. The molecule has 3 aromatic rings. The lowest BCUT2D eigenvalue weighted by molar-refractivity contribution is 0.0702. The highest BCUT2D eigenvalue weighted by atomic mass is 16.4. The van der Waals surface area contributed by atoms with Crippen LogP contribution in [0, 0.1) is 0 Å². The van der Waals surface area contributed by atoms with Gasteiger partial charge < -0.3 is 13.7 Å². The zero-order chi connectivity index (χ0) is 19.0. The van der Waals surface area contributed by atoms with Gasteiger partial charge in [0.05, 0.1) is 0 Å². The molecular formula is C20H21N3O4. The van der Waals surface area contributed by atoms with Crippen LogP contribution in [0.3, 0.4) is 0 Å². The van der Waals surface area contributed by atoms with Crippen molar-refractivity contribution in [1.29, 1.82) is 0 Å². The monoisotopic (exact) mass is 367 g/mol. The van der Waals surface area contributed by atoms with Gasteiger partial charge in [-0.3, -0.25) is 4.79 Å². The highest BCUT2D eigenvalue weighted by molar-refractivity contribution is 5.96. The Bertz CT molecular complexity index is 1030. The second-order valence-corrected chi connectivity index (χ2v) is 7.19. The fourth-order valence-electron chi connectivity index (χ4n) is 3.36. The van der Waals surface area contributed by atoms with Crippen LogP contribution in [0.4, 0.5) is 0 Å². The molecule has 0 atom stereocenters. The van der Waals surface area contributed by atoms with E-state index in [4.69, 9.17) is 8.83 Å². The maximum atomic E-state index is 12.8. The van der Waals surface area contributed by atoms with Gasteiger partial charge in [0.2, 0.25) is 11.8 Å². The van der Waals surface area contributed by atoms with Crippen LogP contribution >= 0.6 is 0 Å². The summed E-state index contributed by atoms with van der Waals surface area (Å²) in [6, 6.07) is 8.79. The van der Waals surface area contributed by atoms with Crippen molar-refractivity contribution in [2.75, 3.05) is 13.1 Å². The molecule has 0 unspecified atom stereocenters. The highest BCUT2D eigenvalue weighted by Gasteiger charge is 2.29. The number of fused-ring (bicyclic) bond motifs is 1. The fraction of sp³-hybridized carbons (Fsp3) is 0.400. The molecule has 1 amide bonds. The molecule has 7 heteroatoms. The van der Waals surface area contributed by atoms with Gasteiger partial charge in [0, 0.05) is 30.3 Å². The van der Waals surface area contributed by atoms with Crippen LogP contribution in [0.1, 0.15) is 60.7 Å². The molecule has 3 heterocycles. The van der Waals surface area contributed by atoms with E-state index < -0.39 is 5.63 Å². The van der Waals surface area contributed by atoms with Crippen molar-refractivity contribution >= 4 is 16.9 Å². The van der Waals surface area contributed by atoms with Crippen LogP contribution in [-0.4, -0.2) is 34.1 Å². The first kappa shape index (κ1) is 17.5. The Kier molecular flexibility index (Phi) is 4.51. The number of piperidine rings is 1. The van der Waals surface area contributed by atoms with Gasteiger partial charge in [-0.05, 0) is 25.0 Å². The summed E-state index contributed by atoms with van der Waals surface area (Å²) in [4.78, 5) is 26.7. The predicted molar refractivity (Wildman–Crippen MR) is 98.7 cm³/mol. The molecule has 0 bridgehead atoms. The third-order valence-electron chi connectivity index (χ3n) is 4.95. The lowest BCUT2D eigenvalue weighted by Gasteiger charge is -2.30. The van der Waals surface area contributed by atoms with Crippen molar-refractivity contribution in [2.24, 2.45) is 0 Å². The molecule has 27 heavy (non-hydrogen) atoms. The van der Waals surface area contributed by atoms with Gasteiger partial charge in [0.1, 0.15) is 11.1 Å². The van der Waals surface area contributed by atoms with Crippen molar-refractivity contribution < 1.29 is 13.6 Å². The Morgan fingerprint density at radius 3 is 2.59 bits per heavy atom. The van der Waals surface area contributed by atoms with Crippen LogP contribution in [-0.2, 0) is 0 Å². The number of aromatic nitrogens is 2. The summed E-state index contributed by atoms with van der Waals surface area (Å²) < 4.78 is 11.0. The minimum atomic E-state index is -0.598. The second kappa shape index (κ2) is 6.98. The molecule has 1 aliphatic heterocycles. The van der Waals surface area contributed by atoms with E-state index in [0.717, 1.165) is 18.2 Å². The van der Waals surface area contributed by atoms with Crippen LogP contribution in [0.15, 0.2) is 44.0 Å². The van der Waals surface area contributed by atoms with Crippen LogP contribution in [0.25, 0.3) is 11.0 Å². The average molecular weight is 367 g/mol. The number of amides is 1. The van der Waals surface area contributed by atoms with Crippen LogP contribution in [0.5, 0.6) is 0 Å². The Morgan fingerprint density at radius 1 is 1.15 bits per heavy atom. The number of likely N-dealkylation sites (tertiary alicyclic amines) is 1. The summed E-state index contributed by atoms with van der Waals surface area (Å²) in [6.07, 6.45) is 1.45. The van der Waals surface area contributed by atoms with Crippen molar-refractivity contribution in [1.82, 2.24) is 15.1 Å². The van der Waals surface area contributed by atoms with Gasteiger partial charge in [0.15, 0.2) is 0 Å². The molecule has 0 saturated carbocycles. The summed E-state index contributed by atoms with van der Waals surface area (Å²) in [7, 11) is 0. The summed E-state index contributed by atoms with van der Waals surface area (Å²) in [5, 5.41) is 8.97. The zero-order valence-corrected chi connectivity index (χ0v) is 15.3. The van der Waals surface area contributed by atoms with Crippen molar-refractivity contribution in [3.05, 3.63) is 58.1 Å². The fourth-order valence-corrected chi connectivity index (χ4v) is 3.36. The lowest BCUT2D eigenvalue weighted by atomic mass is 9.96. The third kappa shape index (κ3) is 3.37. The Morgan fingerprint density at radius 2 is 1.89 bits per heavy atom. The van der Waals surface area contributed by atoms with Crippen LogP contribution in [0.2, 0.25) is 0 Å². The topological polar surface area (TPSA) is 89.4 Å². The summed E-state index contributed by atoms with van der Waals surface area (Å²) in [6.45, 7) is 5.09. The molecule has 4 rings (SSSR count). The van der Waals surface area contributed by atoms with Gasteiger partial charge in [-0.1, -0.05) is 32.0 Å². The molecule has 1 aliphatic rings. The quantitative estimate of drug-likeness (QED) is 0.660. The summed E-state index contributed by atoms with van der Waals surface area (Å²) in [5.41, 5.74) is -0.0403. The first-order chi connectivity index (χ1) is 13.0. The highest BCUT2D eigenvalue weighted by Crippen LogP contribution is 2.29.